The van der Waals surface area contributed by atoms with Crippen LogP contribution in [0.3, 0.4) is 0 Å². The molecule has 0 spiro atoms. The van der Waals surface area contributed by atoms with E-state index in [0.29, 0.717) is 40.5 Å². The summed E-state index contributed by atoms with van der Waals surface area (Å²) in [4.78, 5) is 21.0. The van der Waals surface area contributed by atoms with Gasteiger partial charge in [0.1, 0.15) is 17.1 Å². The van der Waals surface area contributed by atoms with Gasteiger partial charge in [-0.3, -0.25) is 14.9 Å². The average molecular weight is 598 g/mol. The smallest absolute Gasteiger partial charge is 0.227 e. The number of hydrogen-bond acceptors (Lipinski definition) is 10. The molecule has 4 aromatic heterocycles. The highest BCUT2D eigenvalue weighted by atomic mass is 16.3. The molecule has 1 aliphatic rings. The lowest BCUT2D eigenvalue weighted by Gasteiger charge is -2.17. The first-order valence-corrected chi connectivity index (χ1v) is 14.8. The molecule has 0 bridgehead atoms. The summed E-state index contributed by atoms with van der Waals surface area (Å²) in [6.07, 6.45) is 5.96. The zero-order chi connectivity index (χ0) is 31.1. The van der Waals surface area contributed by atoms with Gasteiger partial charge in [0.2, 0.25) is 5.89 Å². The number of nitriles is 1. The van der Waals surface area contributed by atoms with Crippen LogP contribution in [0.25, 0.3) is 44.7 Å². The Hall–Kier alpha value is -5.21. The number of likely N-dealkylation sites (tertiary alicyclic amines) is 1. The molecule has 0 saturated carbocycles. The minimum Gasteiger partial charge on any atom is -0.435 e. The van der Waals surface area contributed by atoms with Gasteiger partial charge in [-0.05, 0) is 78.9 Å². The Kier molecular flexibility index (Phi) is 7.43. The largest absolute Gasteiger partial charge is 0.435 e. The summed E-state index contributed by atoms with van der Waals surface area (Å²) in [5, 5.41) is 33.6. The number of aromatic nitrogens is 4. The maximum Gasteiger partial charge on any atom is 0.227 e. The molecule has 1 aliphatic heterocycles. The molecule has 0 radical (unpaired) electrons. The Balaban J connectivity index is 1.21. The third kappa shape index (κ3) is 5.38. The molecule has 6 aromatic rings. The number of fused-ring (bicyclic) bond motifs is 2. The first-order chi connectivity index (χ1) is 21.9. The van der Waals surface area contributed by atoms with E-state index >= 15 is 0 Å². The molecule has 224 valence electrons. The van der Waals surface area contributed by atoms with Gasteiger partial charge in [-0.15, -0.1) is 0 Å². The van der Waals surface area contributed by atoms with Crippen molar-refractivity contribution in [2.75, 3.05) is 18.4 Å². The third-order valence-corrected chi connectivity index (χ3v) is 8.44. The number of anilines is 2. The highest BCUT2D eigenvalue weighted by molar-refractivity contribution is 5.91. The van der Waals surface area contributed by atoms with E-state index in [1.54, 1.807) is 24.5 Å². The van der Waals surface area contributed by atoms with Crippen LogP contribution < -0.4 is 5.32 Å². The van der Waals surface area contributed by atoms with E-state index in [0.717, 1.165) is 69.6 Å². The Labute approximate surface area is 259 Å². The highest BCUT2D eigenvalue weighted by Gasteiger charge is 2.21. The molecule has 2 aromatic carbocycles. The van der Waals surface area contributed by atoms with Crippen molar-refractivity contribution < 1.29 is 14.6 Å². The summed E-state index contributed by atoms with van der Waals surface area (Å²) in [6, 6.07) is 17.5. The van der Waals surface area contributed by atoms with Crippen molar-refractivity contribution in [2.45, 2.75) is 39.5 Å². The number of rotatable bonds is 7. The van der Waals surface area contributed by atoms with Crippen molar-refractivity contribution in [3.05, 3.63) is 94.9 Å². The maximum atomic E-state index is 9.88. The molecule has 0 amide bonds. The topological polar surface area (TPSA) is 144 Å². The van der Waals surface area contributed by atoms with E-state index in [9.17, 15) is 15.5 Å². The van der Waals surface area contributed by atoms with E-state index in [1.807, 2.05) is 50.4 Å². The predicted octanol–water partition coefficient (Wildman–Crippen LogP) is 5.79. The molecule has 1 saturated heterocycles. The fourth-order valence-electron chi connectivity index (χ4n) is 6.07. The lowest BCUT2D eigenvalue weighted by molar-refractivity contribution is 0.175. The van der Waals surface area contributed by atoms with E-state index in [1.165, 1.54) is 0 Å². The van der Waals surface area contributed by atoms with Gasteiger partial charge in [0, 0.05) is 60.4 Å². The van der Waals surface area contributed by atoms with Gasteiger partial charge in [-0.2, -0.15) is 5.26 Å². The molecule has 3 N–H and O–H groups in total. The van der Waals surface area contributed by atoms with Crippen molar-refractivity contribution >= 4 is 33.5 Å². The van der Waals surface area contributed by atoms with E-state index in [-0.39, 0.29) is 12.7 Å². The second kappa shape index (κ2) is 11.7. The monoisotopic (exact) mass is 597 g/mol. The number of aliphatic hydroxyl groups excluding tert-OH is 2. The molecule has 10 nitrogen and oxygen atoms in total. The highest BCUT2D eigenvalue weighted by Crippen LogP contribution is 2.36. The van der Waals surface area contributed by atoms with Gasteiger partial charge in [-0.25, -0.2) is 9.97 Å². The Bertz CT molecular complexity index is 2120. The van der Waals surface area contributed by atoms with Crippen molar-refractivity contribution in [2.24, 2.45) is 0 Å². The van der Waals surface area contributed by atoms with Crippen molar-refractivity contribution in [3.63, 3.8) is 0 Å². The van der Waals surface area contributed by atoms with Crippen molar-refractivity contribution in [1.82, 2.24) is 24.8 Å². The molecule has 1 atom stereocenters. The van der Waals surface area contributed by atoms with Crippen LogP contribution in [0.15, 0.2) is 71.5 Å². The lowest BCUT2D eigenvalue weighted by Crippen LogP contribution is -2.21. The van der Waals surface area contributed by atoms with Crippen LogP contribution in [0.1, 0.15) is 34.2 Å². The predicted molar refractivity (Wildman–Crippen MR) is 172 cm³/mol. The number of hydrogen-bond donors (Lipinski definition) is 3. The molecule has 1 unspecified atom stereocenters. The number of nitrogens with one attached hydrogen (secondary N) is 1. The van der Waals surface area contributed by atoms with Crippen LogP contribution in [0.2, 0.25) is 0 Å². The summed E-state index contributed by atoms with van der Waals surface area (Å²) in [5.74, 6) is 1.05. The van der Waals surface area contributed by atoms with Gasteiger partial charge in [0.25, 0.3) is 0 Å². The Morgan fingerprint density at radius 1 is 1.02 bits per heavy atom. The van der Waals surface area contributed by atoms with Crippen LogP contribution in [0.5, 0.6) is 0 Å². The number of oxazole rings is 1. The fraction of sp³-hybridized carbons (Fsp3) is 0.229. The van der Waals surface area contributed by atoms with Crippen LogP contribution in [-0.2, 0) is 13.2 Å². The third-order valence-electron chi connectivity index (χ3n) is 8.44. The van der Waals surface area contributed by atoms with Crippen molar-refractivity contribution in [1.29, 1.82) is 5.26 Å². The van der Waals surface area contributed by atoms with Gasteiger partial charge in [0.15, 0.2) is 11.4 Å². The standard InChI is InChI=1S/C35H31N7O3/c1-20-27(31-21(2)28(7-10-37-31)35-41-30-14-22(19-43)12-25(15-36)33(30)45-35)4-3-5-29(20)40-34-32-24(6-9-38-34)13-23(16-39-32)17-42-11-8-26(44)18-42/h3-7,9-10,12-14,16,26,43-44H,8,11,17-19H2,1-2H3,(H,38,40). The minimum absolute atomic E-state index is 0.190. The van der Waals surface area contributed by atoms with E-state index < -0.39 is 0 Å². The SMILES string of the molecule is Cc1c(Nc2nccc3cc(CN4CCC(O)C4)cnc23)cccc1-c1nccc(-c2nc3cc(CO)cc(C#N)c3o2)c1C. The Morgan fingerprint density at radius 2 is 1.89 bits per heavy atom. The van der Waals surface area contributed by atoms with Gasteiger partial charge >= 0.3 is 0 Å². The molecule has 1 fully saturated rings. The summed E-state index contributed by atoms with van der Waals surface area (Å²) >= 11 is 0. The van der Waals surface area contributed by atoms with Crippen LogP contribution >= 0.6 is 0 Å². The minimum atomic E-state index is -0.251. The van der Waals surface area contributed by atoms with E-state index in [2.05, 4.69) is 32.3 Å². The van der Waals surface area contributed by atoms with Crippen molar-refractivity contribution in [3.8, 4) is 28.8 Å². The quantitative estimate of drug-likeness (QED) is 0.207. The van der Waals surface area contributed by atoms with Crippen LogP contribution in [0.4, 0.5) is 11.5 Å². The zero-order valence-corrected chi connectivity index (χ0v) is 24.9. The first-order valence-electron chi connectivity index (χ1n) is 14.8. The van der Waals surface area contributed by atoms with Gasteiger partial charge in [0.05, 0.1) is 24.0 Å². The molecule has 0 aliphatic carbocycles. The van der Waals surface area contributed by atoms with Crippen LogP contribution in [-0.4, -0.2) is 54.2 Å². The number of β-amino-alcohol motifs (C(OH)–C–C–N with tert-alkyl or cyclic N) is 1. The molecule has 7 rings (SSSR count). The first kappa shape index (κ1) is 28.6. The van der Waals surface area contributed by atoms with Crippen LogP contribution in [0, 0.1) is 25.2 Å². The normalized spacial score (nSPS) is 15.1. The number of nitrogens with zero attached hydrogens (tertiary/aromatic N) is 6. The molecular formula is C35H31N7O3. The summed E-state index contributed by atoms with van der Waals surface area (Å²) < 4.78 is 6.09. The van der Waals surface area contributed by atoms with E-state index in [4.69, 9.17) is 14.4 Å². The number of aliphatic hydroxyl groups is 2. The summed E-state index contributed by atoms with van der Waals surface area (Å²) in [6.45, 7) is 6.16. The number of pyridine rings is 3. The second-order valence-electron chi connectivity index (χ2n) is 11.5. The lowest BCUT2D eigenvalue weighted by atomic mass is 9.97. The number of benzene rings is 2. The second-order valence-corrected chi connectivity index (χ2v) is 11.5. The summed E-state index contributed by atoms with van der Waals surface area (Å²) in [5.41, 5.74) is 8.97. The van der Waals surface area contributed by atoms with Gasteiger partial charge in [-0.1, -0.05) is 12.1 Å². The summed E-state index contributed by atoms with van der Waals surface area (Å²) in [7, 11) is 0. The fourth-order valence-corrected chi connectivity index (χ4v) is 6.07. The molecular weight excluding hydrogens is 566 g/mol. The zero-order valence-electron chi connectivity index (χ0n) is 24.9. The maximum absolute atomic E-state index is 9.88. The Morgan fingerprint density at radius 3 is 2.69 bits per heavy atom. The average Bonchev–Trinajstić information content (AvgIpc) is 3.67. The molecule has 10 heteroatoms. The van der Waals surface area contributed by atoms with Gasteiger partial charge < -0.3 is 19.9 Å². The molecule has 5 heterocycles. The molecule has 45 heavy (non-hydrogen) atoms.